The Balaban J connectivity index is 2.18. The van der Waals surface area contributed by atoms with Crippen LogP contribution in [-0.4, -0.2) is 29.4 Å². The van der Waals surface area contributed by atoms with E-state index < -0.39 is 27.1 Å². The predicted octanol–water partition coefficient (Wildman–Crippen LogP) is 1.18. The lowest BCUT2D eigenvalue weighted by molar-refractivity contribution is 0.0918. The summed E-state index contributed by atoms with van der Waals surface area (Å²) in [6, 6.07) is 0.392. The van der Waals surface area contributed by atoms with Crippen molar-refractivity contribution in [3.8, 4) is 0 Å². The van der Waals surface area contributed by atoms with E-state index in [1.807, 2.05) is 13.8 Å². The van der Waals surface area contributed by atoms with Crippen molar-refractivity contribution in [1.29, 1.82) is 0 Å². The molecule has 2 aromatic heterocycles. The second-order valence-corrected chi connectivity index (χ2v) is 6.02. The second-order valence-electron chi connectivity index (χ2n) is 4.67. The molecule has 0 aliphatic carbocycles. The van der Waals surface area contributed by atoms with Crippen molar-refractivity contribution < 1.29 is 21.6 Å². The molecule has 2 N–H and O–H groups in total. The minimum atomic E-state index is -4.85. The summed E-state index contributed by atoms with van der Waals surface area (Å²) in [7, 11) is -4.85. The molecule has 0 saturated heterocycles. The van der Waals surface area contributed by atoms with Gasteiger partial charge in [0.05, 0.1) is 6.04 Å². The average Bonchev–Trinajstić information content (AvgIpc) is 3.05. The molecule has 0 aliphatic rings. The number of halogens is 1. The highest BCUT2D eigenvalue weighted by atomic mass is 32.3. The van der Waals surface area contributed by atoms with Gasteiger partial charge in [-0.25, -0.2) is 0 Å². The van der Waals surface area contributed by atoms with E-state index in [4.69, 9.17) is 0 Å². The van der Waals surface area contributed by atoms with Gasteiger partial charge in [-0.05, 0) is 12.0 Å². The number of carbonyl (C=O) groups is 1. The van der Waals surface area contributed by atoms with Crippen molar-refractivity contribution >= 4 is 16.1 Å². The maximum atomic E-state index is 12.8. The lowest BCUT2D eigenvalue weighted by atomic mass is 10.0. The van der Waals surface area contributed by atoms with Crippen LogP contribution < -0.4 is 5.32 Å². The van der Waals surface area contributed by atoms with Gasteiger partial charge in [0.25, 0.3) is 5.91 Å². The number of hydrogen-bond donors (Lipinski definition) is 2. The smallest absolute Gasteiger partial charge is 0.333 e. The normalized spacial score (nSPS) is 13.3. The number of carbonyl (C=O) groups excluding carboxylic acids is 1. The fourth-order valence-electron chi connectivity index (χ4n) is 1.71. The first-order valence-electron chi connectivity index (χ1n) is 5.99. The minimum absolute atomic E-state index is 0.0362. The summed E-state index contributed by atoms with van der Waals surface area (Å²) >= 11 is 0. The van der Waals surface area contributed by atoms with Crippen LogP contribution in [0.25, 0.3) is 0 Å². The molecule has 2 rings (SSSR count). The van der Waals surface area contributed by atoms with Gasteiger partial charge in [0.1, 0.15) is 10.6 Å². The molecule has 21 heavy (non-hydrogen) atoms. The van der Waals surface area contributed by atoms with Gasteiger partial charge in [-0.15, -0.1) is 3.89 Å². The van der Waals surface area contributed by atoms with Gasteiger partial charge in [0, 0.05) is 6.20 Å². The molecule has 1 atom stereocenters. The highest BCUT2D eigenvalue weighted by Crippen LogP contribution is 2.19. The van der Waals surface area contributed by atoms with E-state index in [-0.39, 0.29) is 11.6 Å². The molecule has 0 aromatic carbocycles. The van der Waals surface area contributed by atoms with Crippen molar-refractivity contribution in [2.45, 2.75) is 24.8 Å². The number of nitrogens with zero attached hydrogens (tertiary/aromatic N) is 2. The van der Waals surface area contributed by atoms with Crippen LogP contribution in [0.1, 0.15) is 36.2 Å². The van der Waals surface area contributed by atoms with E-state index in [9.17, 15) is 17.1 Å². The van der Waals surface area contributed by atoms with Crippen LogP contribution in [0.15, 0.2) is 28.1 Å². The first-order valence-corrected chi connectivity index (χ1v) is 7.37. The average molecular weight is 316 g/mol. The first kappa shape index (κ1) is 15.2. The molecule has 2 aromatic rings. The summed E-state index contributed by atoms with van der Waals surface area (Å²) in [6.07, 6.45) is 2.04. The Bertz CT molecular complexity index is 723. The molecule has 8 nitrogen and oxygen atoms in total. The zero-order valence-electron chi connectivity index (χ0n) is 11.2. The van der Waals surface area contributed by atoms with Crippen molar-refractivity contribution in [2.24, 2.45) is 5.92 Å². The standard InChI is InChI=1S/C11H13FN4O4S/c1-6(2)9(10-14-5-20-16-10)15-11(17)8-3-7(4-13-8)21(12,18)19/h3-6,9,13H,1-2H3,(H,15,17). The van der Waals surface area contributed by atoms with Crippen LogP contribution in [0, 0.1) is 5.92 Å². The van der Waals surface area contributed by atoms with Gasteiger partial charge >= 0.3 is 10.2 Å². The van der Waals surface area contributed by atoms with Crippen LogP contribution in [0.4, 0.5) is 3.89 Å². The minimum Gasteiger partial charge on any atom is -0.356 e. The fourth-order valence-corrected chi connectivity index (χ4v) is 2.17. The molecule has 1 amide bonds. The predicted molar refractivity (Wildman–Crippen MR) is 68.4 cm³/mol. The molecule has 0 bridgehead atoms. The molecule has 10 heteroatoms. The lowest BCUT2D eigenvalue weighted by Crippen LogP contribution is -2.32. The number of hydrogen-bond acceptors (Lipinski definition) is 6. The molecular weight excluding hydrogens is 303 g/mol. The maximum absolute atomic E-state index is 12.8. The van der Waals surface area contributed by atoms with Gasteiger partial charge in [0.15, 0.2) is 5.82 Å². The summed E-state index contributed by atoms with van der Waals surface area (Å²) in [5, 5.41) is 6.29. The molecule has 0 saturated carbocycles. The quantitative estimate of drug-likeness (QED) is 0.800. The first-order chi connectivity index (χ1) is 9.79. The number of H-pyrrole nitrogens is 1. The summed E-state index contributed by atoms with van der Waals surface area (Å²) < 4.78 is 38.9. The summed E-state index contributed by atoms with van der Waals surface area (Å²) in [5.41, 5.74) is -0.0830. The molecular formula is C11H13FN4O4S. The number of amides is 1. The van der Waals surface area contributed by atoms with Gasteiger partial charge in [0.2, 0.25) is 6.39 Å². The zero-order chi connectivity index (χ0) is 15.6. The largest absolute Gasteiger partial charge is 0.356 e. The molecule has 0 spiro atoms. The summed E-state index contributed by atoms with van der Waals surface area (Å²) in [6.45, 7) is 3.68. The SMILES string of the molecule is CC(C)C(NC(=O)c1cc(S(=O)(=O)F)c[nH]1)c1ncon1. The van der Waals surface area contributed by atoms with Gasteiger partial charge in [-0.1, -0.05) is 19.0 Å². The Morgan fingerprint density at radius 1 is 1.48 bits per heavy atom. The Labute approximate surface area is 120 Å². The monoisotopic (exact) mass is 316 g/mol. The summed E-state index contributed by atoms with van der Waals surface area (Å²) in [5.74, 6) is -0.345. The highest BCUT2D eigenvalue weighted by molar-refractivity contribution is 7.86. The molecule has 2 heterocycles. The van der Waals surface area contributed by atoms with E-state index in [1.165, 1.54) is 0 Å². The van der Waals surface area contributed by atoms with Crippen molar-refractivity contribution in [2.75, 3.05) is 0 Å². The summed E-state index contributed by atoms with van der Waals surface area (Å²) in [4.78, 5) is 17.7. The van der Waals surface area contributed by atoms with Gasteiger partial charge in [-0.3, -0.25) is 4.79 Å². The van der Waals surface area contributed by atoms with Crippen LogP contribution in [0.5, 0.6) is 0 Å². The van der Waals surface area contributed by atoms with Crippen molar-refractivity contribution in [3.05, 3.63) is 30.2 Å². The van der Waals surface area contributed by atoms with Crippen LogP contribution in [-0.2, 0) is 10.2 Å². The lowest BCUT2D eigenvalue weighted by Gasteiger charge is -2.18. The number of aromatic amines is 1. The molecule has 1 unspecified atom stereocenters. The molecule has 0 fully saturated rings. The van der Waals surface area contributed by atoms with Gasteiger partial charge < -0.3 is 14.8 Å². The fraction of sp³-hybridized carbons (Fsp3) is 0.364. The van der Waals surface area contributed by atoms with E-state index in [2.05, 4.69) is 25.0 Å². The van der Waals surface area contributed by atoms with Crippen LogP contribution >= 0.6 is 0 Å². The van der Waals surface area contributed by atoms with Crippen LogP contribution in [0.2, 0.25) is 0 Å². The van der Waals surface area contributed by atoms with E-state index in [1.54, 1.807) is 0 Å². The Morgan fingerprint density at radius 2 is 2.19 bits per heavy atom. The van der Waals surface area contributed by atoms with Crippen LogP contribution in [0.3, 0.4) is 0 Å². The molecule has 0 radical (unpaired) electrons. The third-order valence-corrected chi connectivity index (χ3v) is 3.59. The third-order valence-electron chi connectivity index (χ3n) is 2.79. The molecule has 0 aliphatic heterocycles. The maximum Gasteiger partial charge on any atom is 0.333 e. The third kappa shape index (κ3) is 3.45. The number of aromatic nitrogens is 3. The van der Waals surface area contributed by atoms with E-state index in [0.29, 0.717) is 5.82 Å². The second kappa shape index (κ2) is 5.64. The Kier molecular flexibility index (Phi) is 4.07. The van der Waals surface area contributed by atoms with E-state index >= 15 is 0 Å². The van der Waals surface area contributed by atoms with Crippen molar-refractivity contribution in [1.82, 2.24) is 20.4 Å². The molecule has 114 valence electrons. The Hall–Kier alpha value is -2.23. The Morgan fingerprint density at radius 3 is 2.67 bits per heavy atom. The van der Waals surface area contributed by atoms with E-state index in [0.717, 1.165) is 18.7 Å². The zero-order valence-corrected chi connectivity index (χ0v) is 12.0. The number of rotatable bonds is 5. The number of nitrogens with one attached hydrogen (secondary N) is 2. The van der Waals surface area contributed by atoms with Gasteiger partial charge in [-0.2, -0.15) is 13.4 Å². The van der Waals surface area contributed by atoms with Crippen molar-refractivity contribution in [3.63, 3.8) is 0 Å². The highest BCUT2D eigenvalue weighted by Gasteiger charge is 2.24. The topological polar surface area (TPSA) is 118 Å².